The second-order valence-electron chi connectivity index (χ2n) is 6.22. The van der Waals surface area contributed by atoms with Crippen LogP contribution in [0.4, 0.5) is 5.13 Å². The molecule has 5 heteroatoms. The second-order valence-corrected chi connectivity index (χ2v) is 7.06. The molecule has 4 rings (SSSR count). The summed E-state index contributed by atoms with van der Waals surface area (Å²) in [5, 5.41) is 2.63. The summed E-state index contributed by atoms with van der Waals surface area (Å²) in [6.45, 7) is 2.31. The molecule has 0 spiro atoms. The highest BCUT2D eigenvalue weighted by molar-refractivity contribution is 7.14. The van der Waals surface area contributed by atoms with E-state index in [-0.39, 0.29) is 5.91 Å². The molecule has 4 nitrogen and oxygen atoms in total. The fraction of sp³-hybridized carbons (Fsp3) is 0.0909. The van der Waals surface area contributed by atoms with Crippen LogP contribution in [0, 0.1) is 6.92 Å². The van der Waals surface area contributed by atoms with Gasteiger partial charge in [0.2, 0.25) is 0 Å². The molecule has 0 radical (unpaired) electrons. The molecule has 0 atom stereocenters. The first-order valence-corrected chi connectivity index (χ1v) is 9.50. The minimum absolute atomic E-state index is 0.0935. The maximum Gasteiger partial charge on any atom is 0.260 e. The number of hydrogen-bond donors (Lipinski definition) is 0. The van der Waals surface area contributed by atoms with Gasteiger partial charge in [-0.25, -0.2) is 4.98 Å². The van der Waals surface area contributed by atoms with Gasteiger partial charge < -0.3 is 4.42 Å². The van der Waals surface area contributed by atoms with E-state index in [1.165, 1.54) is 11.3 Å². The van der Waals surface area contributed by atoms with Crippen LogP contribution >= 0.6 is 11.3 Å². The van der Waals surface area contributed by atoms with Crippen LogP contribution in [-0.2, 0) is 6.54 Å². The van der Waals surface area contributed by atoms with Crippen molar-refractivity contribution in [3.8, 4) is 11.3 Å². The number of amides is 1. The van der Waals surface area contributed by atoms with Crippen molar-refractivity contribution in [1.29, 1.82) is 0 Å². The van der Waals surface area contributed by atoms with Crippen LogP contribution in [-0.4, -0.2) is 10.9 Å². The van der Waals surface area contributed by atoms with E-state index >= 15 is 0 Å². The van der Waals surface area contributed by atoms with E-state index in [2.05, 4.69) is 0 Å². The normalized spacial score (nSPS) is 10.7. The molecule has 0 saturated carbocycles. The topological polar surface area (TPSA) is 46.3 Å². The Morgan fingerprint density at radius 1 is 1.07 bits per heavy atom. The molecule has 2 aromatic carbocycles. The van der Waals surface area contributed by atoms with Crippen LogP contribution < -0.4 is 4.90 Å². The molecular formula is C22H18N2O2S. The first-order valence-electron chi connectivity index (χ1n) is 8.62. The summed E-state index contributed by atoms with van der Waals surface area (Å²) >= 11 is 1.45. The SMILES string of the molecule is Cc1cccc(C(=O)N(Cc2ccco2)c2nc(-c3ccccc3)cs2)c1. The highest BCUT2D eigenvalue weighted by Gasteiger charge is 2.22. The van der Waals surface area contributed by atoms with E-state index in [0.29, 0.717) is 23.0 Å². The zero-order valence-corrected chi connectivity index (χ0v) is 15.6. The third-order valence-corrected chi connectivity index (χ3v) is 5.06. The van der Waals surface area contributed by atoms with Crippen molar-refractivity contribution < 1.29 is 9.21 Å². The number of nitrogens with zero attached hydrogens (tertiary/aromatic N) is 2. The molecule has 4 aromatic rings. The first-order chi connectivity index (χ1) is 13.2. The van der Waals surface area contributed by atoms with Crippen LogP contribution in [0.25, 0.3) is 11.3 Å². The van der Waals surface area contributed by atoms with Crippen LogP contribution in [0.1, 0.15) is 21.7 Å². The lowest BCUT2D eigenvalue weighted by Crippen LogP contribution is -2.30. The minimum Gasteiger partial charge on any atom is -0.467 e. The molecule has 0 saturated heterocycles. The van der Waals surface area contributed by atoms with E-state index < -0.39 is 0 Å². The van der Waals surface area contributed by atoms with Gasteiger partial charge in [-0.15, -0.1) is 11.3 Å². The van der Waals surface area contributed by atoms with Crippen LogP contribution in [0.2, 0.25) is 0 Å². The van der Waals surface area contributed by atoms with Gasteiger partial charge in [0.15, 0.2) is 5.13 Å². The van der Waals surface area contributed by atoms with Crippen molar-refractivity contribution >= 4 is 22.4 Å². The Hall–Kier alpha value is -3.18. The first kappa shape index (κ1) is 17.2. The lowest BCUT2D eigenvalue weighted by atomic mass is 10.1. The molecule has 0 N–H and O–H groups in total. The summed E-state index contributed by atoms with van der Waals surface area (Å²) < 4.78 is 5.47. The number of anilines is 1. The van der Waals surface area contributed by atoms with Gasteiger partial charge in [0.05, 0.1) is 18.5 Å². The number of aromatic nitrogens is 1. The second kappa shape index (κ2) is 7.60. The Bertz CT molecular complexity index is 1040. The molecule has 0 aliphatic rings. The van der Waals surface area contributed by atoms with Crippen molar-refractivity contribution in [2.75, 3.05) is 4.90 Å². The van der Waals surface area contributed by atoms with Crippen LogP contribution in [0.5, 0.6) is 0 Å². The number of hydrogen-bond acceptors (Lipinski definition) is 4. The van der Waals surface area contributed by atoms with Gasteiger partial charge in [-0.3, -0.25) is 9.69 Å². The minimum atomic E-state index is -0.0935. The Balaban J connectivity index is 1.70. The van der Waals surface area contributed by atoms with Gasteiger partial charge in [-0.1, -0.05) is 48.0 Å². The molecule has 0 fully saturated rings. The largest absolute Gasteiger partial charge is 0.467 e. The summed E-state index contributed by atoms with van der Waals surface area (Å²) in [4.78, 5) is 19.6. The molecule has 2 heterocycles. The Morgan fingerprint density at radius 2 is 1.93 bits per heavy atom. The highest BCUT2D eigenvalue weighted by atomic mass is 32.1. The number of thiazole rings is 1. The van der Waals surface area contributed by atoms with Crippen molar-refractivity contribution in [3.63, 3.8) is 0 Å². The van der Waals surface area contributed by atoms with Gasteiger partial charge in [-0.05, 0) is 31.2 Å². The lowest BCUT2D eigenvalue weighted by Gasteiger charge is -2.19. The van der Waals surface area contributed by atoms with Crippen molar-refractivity contribution in [1.82, 2.24) is 4.98 Å². The van der Waals surface area contributed by atoms with Crippen LogP contribution in [0.3, 0.4) is 0 Å². The number of benzene rings is 2. The number of furan rings is 1. The molecule has 0 aliphatic heterocycles. The summed E-state index contributed by atoms with van der Waals surface area (Å²) in [6.07, 6.45) is 1.61. The predicted molar refractivity (Wildman–Crippen MR) is 108 cm³/mol. The average Bonchev–Trinajstić information content (AvgIpc) is 3.38. The van der Waals surface area contributed by atoms with E-state index in [9.17, 15) is 4.79 Å². The smallest absolute Gasteiger partial charge is 0.260 e. The standard InChI is InChI=1S/C22H18N2O2S/c1-16-7-5-10-18(13-16)21(25)24(14-19-11-6-12-26-19)22-23-20(15-27-22)17-8-3-2-4-9-17/h2-13,15H,14H2,1H3. The van der Waals surface area contributed by atoms with E-state index in [4.69, 9.17) is 9.40 Å². The van der Waals surface area contributed by atoms with E-state index in [1.807, 2.05) is 79.0 Å². The molecule has 134 valence electrons. The fourth-order valence-electron chi connectivity index (χ4n) is 2.85. The summed E-state index contributed by atoms with van der Waals surface area (Å²) in [5.41, 5.74) is 3.57. The molecule has 1 amide bonds. The molecule has 0 aliphatic carbocycles. The molecule has 2 aromatic heterocycles. The molecule has 0 unspecified atom stereocenters. The summed E-state index contributed by atoms with van der Waals surface area (Å²) in [7, 11) is 0. The lowest BCUT2D eigenvalue weighted by molar-refractivity contribution is 0.0983. The third-order valence-electron chi connectivity index (χ3n) is 4.20. The van der Waals surface area contributed by atoms with E-state index in [1.54, 1.807) is 11.2 Å². The maximum absolute atomic E-state index is 13.2. The van der Waals surface area contributed by atoms with Gasteiger partial charge in [0.25, 0.3) is 5.91 Å². The molecular weight excluding hydrogens is 356 g/mol. The Morgan fingerprint density at radius 3 is 2.67 bits per heavy atom. The Kier molecular flexibility index (Phi) is 4.85. The monoisotopic (exact) mass is 374 g/mol. The molecule has 27 heavy (non-hydrogen) atoms. The fourth-order valence-corrected chi connectivity index (χ4v) is 3.68. The number of aryl methyl sites for hydroxylation is 1. The predicted octanol–water partition coefficient (Wildman–Crippen LogP) is 5.56. The third kappa shape index (κ3) is 3.83. The molecule has 0 bridgehead atoms. The summed E-state index contributed by atoms with van der Waals surface area (Å²) in [6, 6.07) is 21.2. The van der Waals surface area contributed by atoms with Gasteiger partial charge in [-0.2, -0.15) is 0 Å². The van der Waals surface area contributed by atoms with Gasteiger partial charge >= 0.3 is 0 Å². The highest BCUT2D eigenvalue weighted by Crippen LogP contribution is 2.29. The zero-order chi connectivity index (χ0) is 18.6. The summed E-state index contributed by atoms with van der Waals surface area (Å²) in [5.74, 6) is 0.622. The van der Waals surface area contributed by atoms with Crippen molar-refractivity contribution in [3.05, 3.63) is 95.3 Å². The van der Waals surface area contributed by atoms with Gasteiger partial charge in [0.1, 0.15) is 5.76 Å². The van der Waals surface area contributed by atoms with Gasteiger partial charge in [0, 0.05) is 16.5 Å². The number of carbonyl (C=O) groups excluding carboxylic acids is 1. The average molecular weight is 374 g/mol. The van der Waals surface area contributed by atoms with E-state index in [0.717, 1.165) is 16.8 Å². The van der Waals surface area contributed by atoms with Crippen LogP contribution in [0.15, 0.2) is 82.8 Å². The number of rotatable bonds is 5. The quantitative estimate of drug-likeness (QED) is 0.459. The van der Waals surface area contributed by atoms with Crippen molar-refractivity contribution in [2.45, 2.75) is 13.5 Å². The number of carbonyl (C=O) groups is 1. The maximum atomic E-state index is 13.2. The zero-order valence-electron chi connectivity index (χ0n) is 14.8. The van der Waals surface area contributed by atoms with Crippen molar-refractivity contribution in [2.24, 2.45) is 0 Å². The Labute approximate surface area is 161 Å².